The van der Waals surface area contributed by atoms with Crippen molar-refractivity contribution in [2.45, 2.75) is 25.9 Å². The molecule has 18 heavy (non-hydrogen) atoms. The van der Waals surface area contributed by atoms with Gasteiger partial charge in [-0.25, -0.2) is 0 Å². The van der Waals surface area contributed by atoms with Gasteiger partial charge in [-0.05, 0) is 25.5 Å². The number of ether oxygens (including phenoxy) is 1. The maximum atomic E-state index is 12.2. The van der Waals surface area contributed by atoms with Crippen molar-refractivity contribution >= 4 is 17.4 Å². The molecule has 1 unspecified atom stereocenters. The summed E-state index contributed by atoms with van der Waals surface area (Å²) in [5.74, 6) is 0.00520. The van der Waals surface area contributed by atoms with Gasteiger partial charge in [0.1, 0.15) is 6.10 Å². The van der Waals surface area contributed by atoms with Gasteiger partial charge in [0.15, 0.2) is 5.78 Å². The summed E-state index contributed by atoms with van der Waals surface area (Å²) in [4.78, 5) is 25.8. The van der Waals surface area contributed by atoms with Gasteiger partial charge >= 0.3 is 0 Å². The zero-order valence-electron chi connectivity index (χ0n) is 10.7. The number of nitrogens with zero attached hydrogens (tertiary/aromatic N) is 1. The molecule has 1 amide bonds. The maximum Gasteiger partial charge on any atom is 0.255 e. The van der Waals surface area contributed by atoms with Gasteiger partial charge in [-0.15, -0.1) is 0 Å². The lowest BCUT2D eigenvalue weighted by Gasteiger charge is -2.24. The summed E-state index contributed by atoms with van der Waals surface area (Å²) < 4.78 is 5.07. The van der Waals surface area contributed by atoms with Crippen molar-refractivity contribution in [3.8, 4) is 0 Å². The summed E-state index contributed by atoms with van der Waals surface area (Å²) in [5.41, 5.74) is 1.33. The molecule has 96 valence electrons. The first-order valence-electron chi connectivity index (χ1n) is 6.11. The molecular weight excluding hydrogens is 230 g/mol. The molecule has 0 fully saturated rings. The van der Waals surface area contributed by atoms with Crippen LogP contribution in [0.15, 0.2) is 24.3 Å². The average Bonchev–Trinajstić information content (AvgIpc) is 2.57. The third-order valence-electron chi connectivity index (χ3n) is 3.25. The van der Waals surface area contributed by atoms with Crippen molar-refractivity contribution in [3.63, 3.8) is 0 Å². The number of carbonyl (C=O) groups is 2. The zero-order valence-corrected chi connectivity index (χ0v) is 10.7. The van der Waals surface area contributed by atoms with Crippen molar-refractivity contribution < 1.29 is 14.3 Å². The number of amides is 1. The van der Waals surface area contributed by atoms with Gasteiger partial charge in [-0.3, -0.25) is 9.59 Å². The van der Waals surface area contributed by atoms with Gasteiger partial charge < -0.3 is 9.64 Å². The van der Waals surface area contributed by atoms with Crippen LogP contribution in [0, 0.1) is 0 Å². The smallest absolute Gasteiger partial charge is 0.255 e. The third kappa shape index (κ3) is 2.29. The molecule has 4 nitrogen and oxygen atoms in total. The number of hydrogen-bond acceptors (Lipinski definition) is 3. The van der Waals surface area contributed by atoms with E-state index in [4.69, 9.17) is 4.74 Å². The van der Waals surface area contributed by atoms with Gasteiger partial charge in [0.25, 0.3) is 5.91 Å². The highest BCUT2D eigenvalue weighted by atomic mass is 16.5. The Kier molecular flexibility index (Phi) is 3.77. The van der Waals surface area contributed by atoms with E-state index in [1.165, 1.54) is 7.11 Å². The van der Waals surface area contributed by atoms with Gasteiger partial charge in [-0.1, -0.05) is 12.1 Å². The molecule has 0 radical (unpaired) electrons. The van der Waals surface area contributed by atoms with Gasteiger partial charge in [0.2, 0.25) is 0 Å². The van der Waals surface area contributed by atoms with E-state index in [2.05, 4.69) is 0 Å². The normalized spacial score (nSPS) is 17.0. The molecule has 0 aromatic heterocycles. The van der Waals surface area contributed by atoms with Gasteiger partial charge in [-0.2, -0.15) is 0 Å². The fourth-order valence-electron chi connectivity index (χ4n) is 2.15. The second-order valence-corrected chi connectivity index (χ2v) is 4.41. The monoisotopic (exact) mass is 247 g/mol. The van der Waals surface area contributed by atoms with Crippen LogP contribution in [0.2, 0.25) is 0 Å². The Morgan fingerprint density at radius 2 is 2.11 bits per heavy atom. The van der Waals surface area contributed by atoms with Crippen molar-refractivity contribution in [2.24, 2.45) is 0 Å². The molecule has 1 atom stereocenters. The summed E-state index contributed by atoms with van der Waals surface area (Å²) in [6.07, 6.45) is 0.684. The minimum absolute atomic E-state index is 0.0975. The molecule has 0 saturated carbocycles. The van der Waals surface area contributed by atoms with Crippen LogP contribution in [0.4, 0.5) is 5.69 Å². The molecule has 1 aromatic rings. The number of ketones is 1. The van der Waals surface area contributed by atoms with E-state index in [0.29, 0.717) is 30.6 Å². The second-order valence-electron chi connectivity index (χ2n) is 4.41. The molecule has 1 heterocycles. The molecule has 0 N–H and O–H groups in total. The molecular formula is C14H17NO3. The Morgan fingerprint density at radius 1 is 1.39 bits per heavy atom. The SMILES string of the molecule is COC(C)C(=O)N1CCCC(=O)c2ccccc21. The lowest BCUT2D eigenvalue weighted by Crippen LogP contribution is -2.39. The highest BCUT2D eigenvalue weighted by Gasteiger charge is 2.27. The van der Waals surface area contributed by atoms with Crippen LogP contribution in [0.5, 0.6) is 0 Å². The van der Waals surface area contributed by atoms with Crippen LogP contribution in [0.1, 0.15) is 30.1 Å². The average molecular weight is 247 g/mol. The fraction of sp³-hybridized carbons (Fsp3) is 0.429. The molecule has 1 aliphatic heterocycles. The Labute approximate surface area is 107 Å². The van der Waals surface area contributed by atoms with Crippen LogP contribution < -0.4 is 4.90 Å². The number of benzene rings is 1. The lowest BCUT2D eigenvalue weighted by atomic mass is 10.1. The number of fused-ring (bicyclic) bond motifs is 1. The molecule has 1 aliphatic rings. The van der Waals surface area contributed by atoms with Crippen LogP contribution in [-0.4, -0.2) is 31.4 Å². The van der Waals surface area contributed by atoms with E-state index in [9.17, 15) is 9.59 Å². The van der Waals surface area contributed by atoms with Gasteiger partial charge in [0.05, 0.1) is 5.69 Å². The Hall–Kier alpha value is -1.68. The molecule has 0 bridgehead atoms. The number of carbonyl (C=O) groups excluding carboxylic acids is 2. The minimum atomic E-state index is -0.494. The third-order valence-corrected chi connectivity index (χ3v) is 3.25. The van der Waals surface area contributed by atoms with E-state index in [1.54, 1.807) is 17.9 Å². The largest absolute Gasteiger partial charge is 0.372 e. The molecule has 0 spiro atoms. The summed E-state index contributed by atoms with van der Waals surface area (Å²) in [6.45, 7) is 2.28. The van der Waals surface area contributed by atoms with E-state index in [-0.39, 0.29) is 11.7 Å². The molecule has 4 heteroatoms. The first kappa shape index (κ1) is 12.8. The van der Waals surface area contributed by atoms with Crippen LogP contribution >= 0.6 is 0 Å². The molecule has 0 aliphatic carbocycles. The highest BCUT2D eigenvalue weighted by molar-refractivity contribution is 6.07. The Balaban J connectivity index is 2.40. The first-order chi connectivity index (χ1) is 8.65. The quantitative estimate of drug-likeness (QED) is 0.803. The predicted molar refractivity (Wildman–Crippen MR) is 68.8 cm³/mol. The lowest BCUT2D eigenvalue weighted by molar-refractivity contribution is -0.127. The van der Waals surface area contributed by atoms with E-state index in [0.717, 1.165) is 0 Å². The maximum absolute atomic E-state index is 12.2. The van der Waals surface area contributed by atoms with E-state index < -0.39 is 6.10 Å². The van der Waals surface area contributed by atoms with Crippen molar-refractivity contribution in [1.29, 1.82) is 0 Å². The highest BCUT2D eigenvalue weighted by Crippen LogP contribution is 2.26. The van der Waals surface area contributed by atoms with Crippen molar-refractivity contribution in [1.82, 2.24) is 0 Å². The predicted octanol–water partition coefficient (Wildman–Crippen LogP) is 2.03. The number of anilines is 1. The van der Waals surface area contributed by atoms with Crippen molar-refractivity contribution in [3.05, 3.63) is 29.8 Å². The van der Waals surface area contributed by atoms with Crippen LogP contribution in [0.3, 0.4) is 0 Å². The summed E-state index contributed by atoms with van der Waals surface area (Å²) in [7, 11) is 1.51. The van der Waals surface area contributed by atoms with Crippen LogP contribution in [0.25, 0.3) is 0 Å². The number of hydrogen-bond donors (Lipinski definition) is 0. The first-order valence-corrected chi connectivity index (χ1v) is 6.11. The molecule has 2 rings (SSSR count). The van der Waals surface area contributed by atoms with Gasteiger partial charge in [0, 0.05) is 25.6 Å². The number of para-hydroxylation sites is 1. The summed E-state index contributed by atoms with van der Waals surface area (Å²) >= 11 is 0. The number of Topliss-reactive ketones (excluding diaryl/α,β-unsaturated/α-hetero) is 1. The van der Waals surface area contributed by atoms with E-state index in [1.807, 2.05) is 18.2 Å². The summed E-state index contributed by atoms with van der Waals surface area (Å²) in [5, 5.41) is 0. The van der Waals surface area contributed by atoms with E-state index >= 15 is 0 Å². The standard InChI is InChI=1S/C14H17NO3/c1-10(18-2)14(17)15-9-5-8-13(16)11-6-3-4-7-12(11)15/h3-4,6-7,10H,5,8-9H2,1-2H3. The Morgan fingerprint density at radius 3 is 2.83 bits per heavy atom. The van der Waals surface area contributed by atoms with Crippen LogP contribution in [-0.2, 0) is 9.53 Å². The molecule has 0 saturated heterocycles. The fourth-order valence-corrected chi connectivity index (χ4v) is 2.15. The second kappa shape index (κ2) is 5.31. The summed E-state index contributed by atoms with van der Waals surface area (Å²) in [6, 6.07) is 7.26. The minimum Gasteiger partial charge on any atom is -0.372 e. The number of methoxy groups -OCH3 is 1. The van der Waals surface area contributed by atoms with Crippen molar-refractivity contribution in [2.75, 3.05) is 18.6 Å². The number of rotatable bonds is 2. The molecule has 1 aromatic carbocycles. The Bertz CT molecular complexity index is 470. The topological polar surface area (TPSA) is 46.6 Å². The zero-order chi connectivity index (χ0) is 13.1.